The normalized spacial score (nSPS) is 10.8. The number of anilines is 3. The van der Waals surface area contributed by atoms with Gasteiger partial charge in [0.2, 0.25) is 5.71 Å². The molecule has 4 rings (SSSR count). The summed E-state index contributed by atoms with van der Waals surface area (Å²) in [6.07, 6.45) is 1.37. The van der Waals surface area contributed by atoms with Crippen LogP contribution in [0.15, 0.2) is 59.3 Å². The first-order valence-corrected chi connectivity index (χ1v) is 8.82. The van der Waals surface area contributed by atoms with Gasteiger partial charge in [-0.2, -0.15) is 0 Å². The standard InChI is InChI=1S/C20H16ClN5O2/c1-11-16(17-18(22)23-10-24-19(17)28-11)12-5-7-14(8-6-12)25-20(27)26-15-4-2-3-13(21)9-15/h2-10H,1H3,(H2,22,23,24)(H2,25,26,27). The number of aryl methyl sites for hydroxylation is 1. The van der Waals surface area contributed by atoms with Crippen LogP contribution in [0.2, 0.25) is 5.02 Å². The monoisotopic (exact) mass is 393 g/mol. The third kappa shape index (κ3) is 3.47. The average Bonchev–Trinajstić information content (AvgIpc) is 2.99. The highest BCUT2D eigenvalue weighted by Crippen LogP contribution is 2.36. The average molecular weight is 394 g/mol. The minimum Gasteiger partial charge on any atom is -0.442 e. The summed E-state index contributed by atoms with van der Waals surface area (Å²) in [6.45, 7) is 1.85. The SMILES string of the molecule is Cc1oc2ncnc(N)c2c1-c1ccc(NC(=O)Nc2cccc(Cl)c2)cc1. The van der Waals surface area contributed by atoms with E-state index in [9.17, 15) is 4.79 Å². The highest BCUT2D eigenvalue weighted by atomic mass is 35.5. The number of urea groups is 1. The van der Waals surface area contributed by atoms with Gasteiger partial charge in [0.15, 0.2) is 0 Å². The molecule has 0 saturated heterocycles. The summed E-state index contributed by atoms with van der Waals surface area (Å²) in [5, 5.41) is 6.74. The second-order valence-electron chi connectivity index (χ2n) is 6.14. The van der Waals surface area contributed by atoms with Crippen molar-refractivity contribution in [1.29, 1.82) is 0 Å². The third-order valence-corrected chi connectivity index (χ3v) is 4.44. The van der Waals surface area contributed by atoms with Gasteiger partial charge in [-0.05, 0) is 42.8 Å². The van der Waals surface area contributed by atoms with E-state index in [4.69, 9.17) is 21.8 Å². The van der Waals surface area contributed by atoms with Gasteiger partial charge in [-0.3, -0.25) is 0 Å². The number of hydrogen-bond acceptors (Lipinski definition) is 5. The zero-order valence-electron chi connectivity index (χ0n) is 14.9. The number of nitrogens with one attached hydrogen (secondary N) is 2. The molecule has 0 atom stereocenters. The third-order valence-electron chi connectivity index (χ3n) is 4.21. The van der Waals surface area contributed by atoms with Crippen molar-refractivity contribution >= 4 is 45.9 Å². The van der Waals surface area contributed by atoms with Crippen LogP contribution in [0.3, 0.4) is 0 Å². The largest absolute Gasteiger partial charge is 0.442 e. The predicted molar refractivity (Wildman–Crippen MR) is 110 cm³/mol. The lowest BCUT2D eigenvalue weighted by atomic mass is 10.0. The van der Waals surface area contributed by atoms with Gasteiger partial charge in [0.1, 0.15) is 17.9 Å². The number of aromatic nitrogens is 2. The molecule has 0 aliphatic heterocycles. The number of nitrogen functional groups attached to an aromatic ring is 1. The molecule has 0 unspecified atom stereocenters. The molecule has 8 heteroatoms. The van der Waals surface area contributed by atoms with Crippen LogP contribution in [-0.2, 0) is 0 Å². The Hall–Kier alpha value is -3.58. The van der Waals surface area contributed by atoms with Gasteiger partial charge in [0.05, 0.1) is 5.39 Å². The van der Waals surface area contributed by atoms with Crippen molar-refractivity contribution in [1.82, 2.24) is 9.97 Å². The number of halogens is 1. The highest BCUT2D eigenvalue weighted by molar-refractivity contribution is 6.30. The van der Waals surface area contributed by atoms with Crippen molar-refractivity contribution in [2.75, 3.05) is 16.4 Å². The summed E-state index contributed by atoms with van der Waals surface area (Å²) >= 11 is 5.92. The molecule has 0 fully saturated rings. The van der Waals surface area contributed by atoms with E-state index in [0.29, 0.717) is 39.1 Å². The van der Waals surface area contributed by atoms with Crippen molar-refractivity contribution < 1.29 is 9.21 Å². The zero-order valence-corrected chi connectivity index (χ0v) is 15.6. The number of nitrogens with zero attached hydrogens (tertiary/aromatic N) is 2. The molecule has 2 heterocycles. The fourth-order valence-electron chi connectivity index (χ4n) is 2.99. The Balaban J connectivity index is 1.55. The van der Waals surface area contributed by atoms with Crippen molar-refractivity contribution in [3.63, 3.8) is 0 Å². The maximum atomic E-state index is 12.2. The fourth-order valence-corrected chi connectivity index (χ4v) is 3.18. The van der Waals surface area contributed by atoms with Crippen LogP contribution in [0.5, 0.6) is 0 Å². The molecule has 2 aromatic heterocycles. The number of carbonyl (C=O) groups excluding carboxylic acids is 1. The molecular formula is C20H16ClN5O2. The maximum Gasteiger partial charge on any atom is 0.323 e. The summed E-state index contributed by atoms with van der Waals surface area (Å²) in [6, 6.07) is 13.9. The molecule has 28 heavy (non-hydrogen) atoms. The molecule has 4 N–H and O–H groups in total. The summed E-state index contributed by atoms with van der Waals surface area (Å²) < 4.78 is 5.68. The van der Waals surface area contributed by atoms with Gasteiger partial charge in [-0.15, -0.1) is 0 Å². The molecule has 0 aliphatic carbocycles. The molecule has 2 aromatic carbocycles. The van der Waals surface area contributed by atoms with Crippen LogP contribution in [0.4, 0.5) is 22.0 Å². The molecule has 0 radical (unpaired) electrons. The first-order chi connectivity index (χ1) is 13.5. The number of rotatable bonds is 3. The number of nitrogens with two attached hydrogens (primary N) is 1. The second-order valence-corrected chi connectivity index (χ2v) is 6.58. The molecule has 4 aromatic rings. The fraction of sp³-hybridized carbons (Fsp3) is 0.0500. The van der Waals surface area contributed by atoms with E-state index in [0.717, 1.165) is 11.1 Å². The number of furan rings is 1. The van der Waals surface area contributed by atoms with Gasteiger partial charge < -0.3 is 20.8 Å². The van der Waals surface area contributed by atoms with Gasteiger partial charge in [-0.1, -0.05) is 29.8 Å². The van der Waals surface area contributed by atoms with E-state index in [2.05, 4.69) is 20.6 Å². The first-order valence-electron chi connectivity index (χ1n) is 8.45. The van der Waals surface area contributed by atoms with Crippen LogP contribution < -0.4 is 16.4 Å². The Kier molecular flexibility index (Phi) is 4.58. The number of amides is 2. The van der Waals surface area contributed by atoms with Crippen LogP contribution in [-0.4, -0.2) is 16.0 Å². The van der Waals surface area contributed by atoms with Gasteiger partial charge >= 0.3 is 6.03 Å². The Morgan fingerprint density at radius 2 is 1.82 bits per heavy atom. The number of hydrogen-bond donors (Lipinski definition) is 3. The van der Waals surface area contributed by atoms with E-state index >= 15 is 0 Å². The summed E-state index contributed by atoms with van der Waals surface area (Å²) in [5.41, 5.74) is 9.42. The first kappa shape index (κ1) is 17.8. The predicted octanol–water partition coefficient (Wildman–Crippen LogP) is 5.08. The van der Waals surface area contributed by atoms with Crippen LogP contribution in [0.25, 0.3) is 22.2 Å². The summed E-state index contributed by atoms with van der Waals surface area (Å²) in [4.78, 5) is 20.3. The van der Waals surface area contributed by atoms with E-state index in [1.807, 2.05) is 19.1 Å². The van der Waals surface area contributed by atoms with E-state index in [1.54, 1.807) is 36.4 Å². The quantitative estimate of drug-likeness (QED) is 0.450. The van der Waals surface area contributed by atoms with Crippen LogP contribution in [0.1, 0.15) is 5.76 Å². The smallest absolute Gasteiger partial charge is 0.323 e. The molecule has 140 valence electrons. The van der Waals surface area contributed by atoms with Crippen molar-refractivity contribution in [2.24, 2.45) is 0 Å². The highest BCUT2D eigenvalue weighted by Gasteiger charge is 2.17. The van der Waals surface area contributed by atoms with Crippen molar-refractivity contribution in [3.8, 4) is 11.1 Å². The molecule has 0 spiro atoms. The van der Waals surface area contributed by atoms with Crippen molar-refractivity contribution in [2.45, 2.75) is 6.92 Å². The number of fused-ring (bicyclic) bond motifs is 1. The Labute approximate surface area is 165 Å². The molecular weight excluding hydrogens is 378 g/mol. The number of carbonyl (C=O) groups is 1. The lowest BCUT2D eigenvalue weighted by Crippen LogP contribution is -2.19. The van der Waals surface area contributed by atoms with Gasteiger partial charge in [0, 0.05) is 22.0 Å². The molecule has 0 saturated carbocycles. The topological polar surface area (TPSA) is 106 Å². The Morgan fingerprint density at radius 1 is 1.07 bits per heavy atom. The lowest BCUT2D eigenvalue weighted by molar-refractivity contribution is 0.262. The lowest BCUT2D eigenvalue weighted by Gasteiger charge is -2.09. The zero-order chi connectivity index (χ0) is 19.7. The molecule has 0 bridgehead atoms. The summed E-state index contributed by atoms with van der Waals surface area (Å²) in [7, 11) is 0. The summed E-state index contributed by atoms with van der Waals surface area (Å²) in [5.74, 6) is 1.06. The Morgan fingerprint density at radius 3 is 2.57 bits per heavy atom. The number of benzene rings is 2. The van der Waals surface area contributed by atoms with Gasteiger partial charge in [-0.25, -0.2) is 14.8 Å². The van der Waals surface area contributed by atoms with E-state index in [-0.39, 0.29) is 6.03 Å². The van der Waals surface area contributed by atoms with Crippen LogP contribution >= 0.6 is 11.6 Å². The molecule has 7 nitrogen and oxygen atoms in total. The van der Waals surface area contributed by atoms with E-state index < -0.39 is 0 Å². The molecule has 0 aliphatic rings. The van der Waals surface area contributed by atoms with Crippen molar-refractivity contribution in [3.05, 3.63) is 65.6 Å². The molecule has 2 amide bonds. The second kappa shape index (κ2) is 7.21. The Bertz CT molecular complexity index is 1170. The minimum absolute atomic E-state index is 0.361. The minimum atomic E-state index is -0.363. The maximum absolute atomic E-state index is 12.2. The van der Waals surface area contributed by atoms with E-state index in [1.165, 1.54) is 6.33 Å². The van der Waals surface area contributed by atoms with Crippen LogP contribution in [0, 0.1) is 6.92 Å². The van der Waals surface area contributed by atoms with Gasteiger partial charge in [0.25, 0.3) is 0 Å².